The Morgan fingerprint density at radius 1 is 1.06 bits per heavy atom. The number of hydrogen-bond acceptors (Lipinski definition) is 6. The maximum Gasteiger partial charge on any atom is 0.357 e. The van der Waals surface area contributed by atoms with Crippen molar-refractivity contribution in [2.75, 3.05) is 7.11 Å². The Bertz CT molecular complexity index is 1280. The van der Waals surface area contributed by atoms with Gasteiger partial charge in [0.1, 0.15) is 12.3 Å². The first kappa shape index (κ1) is 22.1. The third-order valence-electron chi connectivity index (χ3n) is 4.16. The zero-order valence-electron chi connectivity index (χ0n) is 16.0. The van der Waals surface area contributed by atoms with Crippen LogP contribution in [0.25, 0.3) is 12.2 Å². The van der Waals surface area contributed by atoms with Gasteiger partial charge in [-0.15, -0.1) is 0 Å². The zero-order valence-corrected chi connectivity index (χ0v) is 17.5. The van der Waals surface area contributed by atoms with E-state index in [2.05, 4.69) is 4.98 Å². The van der Waals surface area contributed by atoms with E-state index in [0.717, 1.165) is 0 Å². The van der Waals surface area contributed by atoms with Crippen LogP contribution in [0.5, 0.6) is 11.5 Å². The molecule has 9 nitrogen and oxygen atoms in total. The first-order chi connectivity index (χ1) is 14.8. The summed E-state index contributed by atoms with van der Waals surface area (Å²) in [6, 6.07) is 9.99. The van der Waals surface area contributed by atoms with Crippen LogP contribution in [0.3, 0.4) is 0 Å². The summed E-state index contributed by atoms with van der Waals surface area (Å²) >= 11 is 12.1. The van der Waals surface area contributed by atoms with Gasteiger partial charge in [-0.1, -0.05) is 41.4 Å². The number of nitrogens with zero attached hydrogens (tertiary/aromatic N) is 1. The van der Waals surface area contributed by atoms with E-state index in [4.69, 9.17) is 32.7 Å². The van der Waals surface area contributed by atoms with Crippen molar-refractivity contribution in [2.24, 2.45) is 0 Å². The van der Waals surface area contributed by atoms with Gasteiger partial charge >= 0.3 is 16.9 Å². The van der Waals surface area contributed by atoms with Crippen molar-refractivity contribution in [1.29, 1.82) is 0 Å². The van der Waals surface area contributed by atoms with Crippen molar-refractivity contribution in [3.8, 4) is 11.5 Å². The molecule has 0 aliphatic heterocycles. The van der Waals surface area contributed by atoms with Crippen LogP contribution in [0.15, 0.2) is 46.0 Å². The number of nitrogens with one attached hydrogen (secondary N) is 2. The predicted molar refractivity (Wildman–Crippen MR) is 117 cm³/mol. The van der Waals surface area contributed by atoms with Crippen molar-refractivity contribution in [3.63, 3.8) is 0 Å². The van der Waals surface area contributed by atoms with Gasteiger partial charge in [0, 0.05) is 15.6 Å². The fourth-order valence-corrected chi connectivity index (χ4v) is 3.15. The molecule has 0 saturated heterocycles. The quantitative estimate of drug-likeness (QED) is 0.402. The highest BCUT2D eigenvalue weighted by Gasteiger charge is 2.18. The van der Waals surface area contributed by atoms with Gasteiger partial charge in [0.2, 0.25) is 0 Å². The van der Waals surface area contributed by atoms with Crippen molar-refractivity contribution in [2.45, 2.75) is 6.61 Å². The molecule has 0 aliphatic rings. The highest BCUT2D eigenvalue weighted by atomic mass is 35.5. The average molecular weight is 464 g/mol. The summed E-state index contributed by atoms with van der Waals surface area (Å²) < 4.78 is 11.1. The van der Waals surface area contributed by atoms with E-state index in [1.807, 2.05) is 4.98 Å². The number of aromatic nitrogens is 2. The Kier molecular flexibility index (Phi) is 6.78. The summed E-state index contributed by atoms with van der Waals surface area (Å²) in [4.78, 5) is 37.5. The smallest absolute Gasteiger partial charge is 0.357 e. The Labute approximate surface area is 185 Å². The number of nitro groups is 1. The molecule has 0 aliphatic carbocycles. The summed E-state index contributed by atoms with van der Waals surface area (Å²) in [5.74, 6) is 0.849. The molecule has 0 fully saturated rings. The first-order valence-corrected chi connectivity index (χ1v) is 9.48. The SMILES string of the molecule is COc1ccc(/C=C/c2[nH]c(=O)[nH]c(=O)c2[N+](=O)[O-])cc1OCc1ccc(Cl)cc1Cl. The molecule has 11 heteroatoms. The van der Waals surface area contributed by atoms with Gasteiger partial charge in [0.15, 0.2) is 11.5 Å². The standard InChI is InChI=1S/C20H15Cl2N3O6/c1-30-16-7-3-11(2-6-15-18(25(28)29)19(26)24-20(27)23-15)8-17(16)31-10-12-4-5-13(21)9-14(12)22/h2-9H,10H2,1H3,(H2,23,24,26,27)/b6-2+. The van der Waals surface area contributed by atoms with Crippen LogP contribution in [0.4, 0.5) is 5.69 Å². The summed E-state index contributed by atoms with van der Waals surface area (Å²) in [6.07, 6.45) is 2.75. The first-order valence-electron chi connectivity index (χ1n) is 8.72. The van der Waals surface area contributed by atoms with Crippen LogP contribution in [0.2, 0.25) is 10.0 Å². The molecule has 0 saturated carbocycles. The lowest BCUT2D eigenvalue weighted by molar-refractivity contribution is -0.386. The fourth-order valence-electron chi connectivity index (χ4n) is 2.68. The topological polar surface area (TPSA) is 127 Å². The molecule has 3 aromatic rings. The molecule has 0 bridgehead atoms. The highest BCUT2D eigenvalue weighted by molar-refractivity contribution is 6.35. The molecule has 0 amide bonds. The Balaban J connectivity index is 1.90. The number of ether oxygens (including phenoxy) is 2. The van der Waals surface area contributed by atoms with E-state index < -0.39 is 21.9 Å². The lowest BCUT2D eigenvalue weighted by Gasteiger charge is -2.12. The number of hydrogen-bond donors (Lipinski definition) is 2. The molecule has 3 rings (SSSR count). The van der Waals surface area contributed by atoms with Crippen LogP contribution in [0, 0.1) is 10.1 Å². The molecular weight excluding hydrogens is 449 g/mol. The number of benzene rings is 2. The van der Waals surface area contributed by atoms with Gasteiger partial charge in [-0.05, 0) is 35.9 Å². The number of methoxy groups -OCH3 is 1. The molecule has 2 N–H and O–H groups in total. The van der Waals surface area contributed by atoms with Crippen molar-refractivity contribution < 1.29 is 14.4 Å². The van der Waals surface area contributed by atoms with E-state index in [1.54, 1.807) is 36.4 Å². The molecular formula is C20H15Cl2N3O6. The van der Waals surface area contributed by atoms with Gasteiger partial charge in [0.25, 0.3) is 0 Å². The molecule has 2 aromatic carbocycles. The van der Waals surface area contributed by atoms with E-state index in [9.17, 15) is 19.7 Å². The number of halogens is 2. The second kappa shape index (κ2) is 9.50. The Morgan fingerprint density at radius 2 is 1.84 bits per heavy atom. The number of rotatable bonds is 7. The van der Waals surface area contributed by atoms with Crippen LogP contribution in [-0.4, -0.2) is 22.0 Å². The van der Waals surface area contributed by atoms with Crippen LogP contribution in [-0.2, 0) is 6.61 Å². The lowest BCUT2D eigenvalue weighted by Crippen LogP contribution is -2.25. The molecule has 1 heterocycles. The minimum absolute atomic E-state index is 0.145. The second-order valence-electron chi connectivity index (χ2n) is 6.20. The number of H-pyrrole nitrogens is 2. The van der Waals surface area contributed by atoms with E-state index >= 15 is 0 Å². The fraction of sp³-hybridized carbons (Fsp3) is 0.100. The maximum absolute atomic E-state index is 11.7. The monoisotopic (exact) mass is 463 g/mol. The highest BCUT2D eigenvalue weighted by Crippen LogP contribution is 2.31. The van der Waals surface area contributed by atoms with Crippen LogP contribution < -0.4 is 20.7 Å². The summed E-state index contributed by atoms with van der Waals surface area (Å²) in [5.41, 5.74) is -1.65. The van der Waals surface area contributed by atoms with Crippen LogP contribution >= 0.6 is 23.2 Å². The maximum atomic E-state index is 11.7. The Morgan fingerprint density at radius 3 is 2.52 bits per heavy atom. The van der Waals surface area contributed by atoms with E-state index in [-0.39, 0.29) is 12.3 Å². The number of aromatic amines is 2. The van der Waals surface area contributed by atoms with Gasteiger partial charge in [-0.25, -0.2) is 4.79 Å². The van der Waals surface area contributed by atoms with Gasteiger partial charge in [-0.2, -0.15) is 0 Å². The van der Waals surface area contributed by atoms with E-state index in [1.165, 1.54) is 19.3 Å². The molecule has 1 aromatic heterocycles. The molecule has 0 spiro atoms. The molecule has 160 valence electrons. The molecule has 0 unspecified atom stereocenters. The molecule has 31 heavy (non-hydrogen) atoms. The second-order valence-corrected chi connectivity index (χ2v) is 7.04. The van der Waals surface area contributed by atoms with Crippen molar-refractivity contribution in [3.05, 3.63) is 94.2 Å². The normalized spacial score (nSPS) is 10.9. The van der Waals surface area contributed by atoms with Gasteiger partial charge in [-0.3, -0.25) is 19.9 Å². The largest absolute Gasteiger partial charge is 0.493 e. The van der Waals surface area contributed by atoms with E-state index in [0.29, 0.717) is 32.7 Å². The lowest BCUT2D eigenvalue weighted by atomic mass is 10.1. The summed E-state index contributed by atoms with van der Waals surface area (Å²) in [6.45, 7) is 0.145. The third kappa shape index (κ3) is 5.33. The summed E-state index contributed by atoms with van der Waals surface area (Å²) in [7, 11) is 1.48. The predicted octanol–water partition coefficient (Wildman–Crippen LogP) is 4.04. The molecule has 0 atom stereocenters. The van der Waals surface area contributed by atoms with Gasteiger partial charge < -0.3 is 14.5 Å². The third-order valence-corrected chi connectivity index (χ3v) is 4.74. The minimum atomic E-state index is -1.09. The average Bonchev–Trinajstić information content (AvgIpc) is 2.70. The van der Waals surface area contributed by atoms with Crippen molar-refractivity contribution in [1.82, 2.24) is 9.97 Å². The molecule has 0 radical (unpaired) electrons. The Hall–Kier alpha value is -3.56. The summed E-state index contributed by atoms with van der Waals surface area (Å²) in [5, 5.41) is 12.1. The van der Waals surface area contributed by atoms with Gasteiger partial charge in [0.05, 0.1) is 12.0 Å². The van der Waals surface area contributed by atoms with Crippen LogP contribution in [0.1, 0.15) is 16.8 Å². The zero-order chi connectivity index (χ0) is 22.5. The minimum Gasteiger partial charge on any atom is -0.493 e. The van der Waals surface area contributed by atoms with Crippen molar-refractivity contribution >= 4 is 41.0 Å².